The molecule has 0 aromatic heterocycles. The molecule has 0 aliphatic carbocycles. The number of ketones is 1. The highest BCUT2D eigenvalue weighted by atomic mass is 32.2. The van der Waals surface area contributed by atoms with Gasteiger partial charge in [0.2, 0.25) is 10.0 Å². The number of nitrogens with one attached hydrogen (secondary N) is 1. The standard InChI is InChI=1S/C11H15NO3S/c1-5-6-7-9-8(2)16(14,15)12-11(3,4)10(9)13/h5-7,12H,1H2,2-4H3/b7-6-. The van der Waals surface area contributed by atoms with Crippen molar-refractivity contribution in [1.29, 1.82) is 0 Å². The first kappa shape index (κ1) is 12.9. The molecular formula is C11H15NO3S. The molecule has 1 heterocycles. The van der Waals surface area contributed by atoms with E-state index in [2.05, 4.69) is 11.3 Å². The van der Waals surface area contributed by atoms with Gasteiger partial charge in [-0.1, -0.05) is 24.8 Å². The number of rotatable bonds is 2. The molecule has 0 amide bonds. The fraction of sp³-hybridized carbons (Fsp3) is 0.364. The van der Waals surface area contributed by atoms with Crippen molar-refractivity contribution in [2.45, 2.75) is 26.3 Å². The molecule has 0 saturated heterocycles. The summed E-state index contributed by atoms with van der Waals surface area (Å²) in [6.45, 7) is 7.98. The molecule has 1 aliphatic rings. The fourth-order valence-electron chi connectivity index (χ4n) is 1.46. The molecule has 0 aromatic carbocycles. The Hall–Kier alpha value is -1.20. The van der Waals surface area contributed by atoms with Crippen LogP contribution in [-0.2, 0) is 14.8 Å². The van der Waals surface area contributed by atoms with Crippen molar-refractivity contribution in [3.8, 4) is 0 Å². The van der Waals surface area contributed by atoms with Crippen molar-refractivity contribution < 1.29 is 13.2 Å². The zero-order valence-electron chi connectivity index (χ0n) is 9.57. The lowest BCUT2D eigenvalue weighted by atomic mass is 9.93. The molecule has 0 saturated carbocycles. The van der Waals surface area contributed by atoms with Gasteiger partial charge in [-0.15, -0.1) is 0 Å². The molecule has 16 heavy (non-hydrogen) atoms. The maximum atomic E-state index is 12.0. The van der Waals surface area contributed by atoms with Gasteiger partial charge in [-0.3, -0.25) is 4.79 Å². The Morgan fingerprint density at radius 1 is 1.38 bits per heavy atom. The molecule has 0 unspecified atom stereocenters. The zero-order valence-corrected chi connectivity index (χ0v) is 10.4. The van der Waals surface area contributed by atoms with Crippen LogP contribution in [-0.4, -0.2) is 19.7 Å². The largest absolute Gasteiger partial charge is 0.292 e. The Labute approximate surface area is 95.8 Å². The van der Waals surface area contributed by atoms with Crippen LogP contribution in [0.3, 0.4) is 0 Å². The summed E-state index contributed by atoms with van der Waals surface area (Å²) in [6.07, 6.45) is 4.52. The summed E-state index contributed by atoms with van der Waals surface area (Å²) in [7, 11) is -3.56. The minimum Gasteiger partial charge on any atom is -0.292 e. The first-order chi connectivity index (χ1) is 7.22. The average molecular weight is 241 g/mol. The normalized spacial score (nSPS) is 23.8. The summed E-state index contributed by atoms with van der Waals surface area (Å²) >= 11 is 0. The van der Waals surface area contributed by atoms with Crippen LogP contribution in [0.4, 0.5) is 0 Å². The van der Waals surface area contributed by atoms with Gasteiger partial charge in [-0.2, -0.15) is 4.72 Å². The number of Topliss-reactive ketones (excluding diaryl/α,β-unsaturated/α-hetero) is 1. The molecule has 0 radical (unpaired) electrons. The van der Waals surface area contributed by atoms with E-state index < -0.39 is 15.6 Å². The monoisotopic (exact) mass is 241 g/mol. The predicted molar refractivity (Wildman–Crippen MR) is 63.2 cm³/mol. The SMILES string of the molecule is C=C/C=C\C1=C(C)S(=O)(=O)NC(C)(C)C1=O. The highest BCUT2D eigenvalue weighted by molar-refractivity contribution is 7.93. The molecule has 1 rings (SSSR count). The van der Waals surface area contributed by atoms with Crippen LogP contribution >= 0.6 is 0 Å². The fourth-order valence-corrected chi connectivity index (χ4v) is 2.83. The van der Waals surface area contributed by atoms with Gasteiger partial charge in [-0.25, -0.2) is 8.42 Å². The van der Waals surface area contributed by atoms with Crippen LogP contribution < -0.4 is 4.72 Å². The number of carbonyl (C=O) groups is 1. The number of hydrogen-bond acceptors (Lipinski definition) is 3. The van der Waals surface area contributed by atoms with Gasteiger partial charge in [0.15, 0.2) is 5.78 Å². The summed E-state index contributed by atoms with van der Waals surface area (Å²) in [4.78, 5) is 12.0. The van der Waals surface area contributed by atoms with E-state index in [1.165, 1.54) is 19.1 Å². The molecule has 1 N–H and O–H groups in total. The van der Waals surface area contributed by atoms with Crippen molar-refractivity contribution in [2.75, 3.05) is 0 Å². The molecule has 4 nitrogen and oxygen atoms in total. The minimum absolute atomic E-state index is 0.0509. The van der Waals surface area contributed by atoms with E-state index in [9.17, 15) is 13.2 Å². The maximum Gasteiger partial charge on any atom is 0.238 e. The van der Waals surface area contributed by atoms with Gasteiger partial charge in [0, 0.05) is 5.57 Å². The van der Waals surface area contributed by atoms with Crippen molar-refractivity contribution in [3.05, 3.63) is 35.3 Å². The summed E-state index contributed by atoms with van der Waals surface area (Å²) in [5, 5.41) is 0. The summed E-state index contributed by atoms with van der Waals surface area (Å²) in [5.74, 6) is -0.238. The lowest BCUT2D eigenvalue weighted by molar-refractivity contribution is -0.119. The zero-order chi connectivity index (χ0) is 12.6. The number of allylic oxidation sites excluding steroid dienone is 4. The van der Waals surface area contributed by atoms with E-state index in [1.54, 1.807) is 19.9 Å². The number of sulfonamides is 1. The van der Waals surface area contributed by atoms with E-state index in [-0.39, 0.29) is 16.3 Å². The Kier molecular flexibility index (Phi) is 3.21. The van der Waals surface area contributed by atoms with Crippen molar-refractivity contribution in [2.24, 2.45) is 0 Å². The minimum atomic E-state index is -3.56. The average Bonchev–Trinajstić information content (AvgIpc) is 2.14. The predicted octanol–water partition coefficient (Wildman–Crippen LogP) is 1.28. The summed E-state index contributed by atoms with van der Waals surface area (Å²) < 4.78 is 25.8. The molecule has 5 heteroatoms. The molecule has 0 aromatic rings. The molecular weight excluding hydrogens is 226 g/mol. The van der Waals surface area contributed by atoms with Gasteiger partial charge in [0.25, 0.3) is 0 Å². The molecule has 1 aliphatic heterocycles. The lowest BCUT2D eigenvalue weighted by Crippen LogP contribution is -2.53. The molecule has 0 atom stereocenters. The number of hydrogen-bond donors (Lipinski definition) is 1. The Bertz CT molecular complexity index is 495. The van der Waals surface area contributed by atoms with Crippen molar-refractivity contribution in [1.82, 2.24) is 4.72 Å². The smallest absolute Gasteiger partial charge is 0.238 e. The van der Waals surface area contributed by atoms with Crippen LogP contribution in [0.15, 0.2) is 35.3 Å². The molecule has 0 bridgehead atoms. The van der Waals surface area contributed by atoms with Crippen LogP contribution in [0.25, 0.3) is 0 Å². The van der Waals surface area contributed by atoms with Gasteiger partial charge in [0.1, 0.15) is 0 Å². The van der Waals surface area contributed by atoms with E-state index in [1.807, 2.05) is 0 Å². The third-order valence-corrected chi connectivity index (χ3v) is 4.19. The van der Waals surface area contributed by atoms with E-state index in [0.29, 0.717) is 0 Å². The van der Waals surface area contributed by atoms with Crippen molar-refractivity contribution in [3.63, 3.8) is 0 Å². The first-order valence-corrected chi connectivity index (χ1v) is 6.29. The Morgan fingerprint density at radius 3 is 2.44 bits per heavy atom. The molecule has 88 valence electrons. The van der Waals surface area contributed by atoms with Gasteiger partial charge in [0.05, 0.1) is 10.4 Å². The highest BCUT2D eigenvalue weighted by Crippen LogP contribution is 2.26. The summed E-state index contributed by atoms with van der Waals surface area (Å²) in [6, 6.07) is 0. The van der Waals surface area contributed by atoms with Gasteiger partial charge < -0.3 is 0 Å². The molecule has 0 fully saturated rings. The van der Waals surface area contributed by atoms with Crippen LogP contribution in [0.5, 0.6) is 0 Å². The maximum absolute atomic E-state index is 12.0. The number of carbonyl (C=O) groups excluding carboxylic acids is 1. The van der Waals surface area contributed by atoms with Gasteiger partial charge >= 0.3 is 0 Å². The second-order valence-corrected chi connectivity index (χ2v) is 5.95. The lowest BCUT2D eigenvalue weighted by Gasteiger charge is -2.30. The Balaban J connectivity index is 3.45. The van der Waals surface area contributed by atoms with E-state index >= 15 is 0 Å². The van der Waals surface area contributed by atoms with Crippen LogP contribution in [0.2, 0.25) is 0 Å². The second kappa shape index (κ2) is 3.99. The third-order valence-electron chi connectivity index (χ3n) is 2.38. The molecule has 0 spiro atoms. The van der Waals surface area contributed by atoms with Crippen LogP contribution in [0.1, 0.15) is 20.8 Å². The second-order valence-electron chi connectivity index (χ2n) is 4.12. The summed E-state index contributed by atoms with van der Waals surface area (Å²) in [5.41, 5.74) is -0.886. The van der Waals surface area contributed by atoms with E-state index in [0.717, 1.165) is 0 Å². The van der Waals surface area contributed by atoms with Gasteiger partial charge in [-0.05, 0) is 20.8 Å². The topological polar surface area (TPSA) is 63.2 Å². The highest BCUT2D eigenvalue weighted by Gasteiger charge is 2.40. The van der Waals surface area contributed by atoms with E-state index in [4.69, 9.17) is 0 Å². The van der Waals surface area contributed by atoms with Crippen LogP contribution in [0, 0.1) is 0 Å². The van der Waals surface area contributed by atoms with Crippen molar-refractivity contribution >= 4 is 15.8 Å². The quantitative estimate of drug-likeness (QED) is 0.741. The Morgan fingerprint density at radius 2 is 1.94 bits per heavy atom. The first-order valence-electron chi connectivity index (χ1n) is 4.81. The third kappa shape index (κ3) is 2.15.